The number of carbonyl (C=O) groups is 2. The van der Waals surface area contributed by atoms with E-state index in [-0.39, 0.29) is 18.4 Å². The summed E-state index contributed by atoms with van der Waals surface area (Å²) in [4.78, 5) is 23.6. The molecule has 0 radical (unpaired) electrons. The van der Waals surface area contributed by atoms with Gasteiger partial charge in [0, 0.05) is 5.69 Å². The van der Waals surface area contributed by atoms with Gasteiger partial charge in [0.25, 0.3) is 0 Å². The molecular formula is C13H15N5O3. The Balaban J connectivity index is 2.00. The zero-order chi connectivity index (χ0) is 15.2. The predicted molar refractivity (Wildman–Crippen MR) is 73.5 cm³/mol. The molecule has 21 heavy (non-hydrogen) atoms. The van der Waals surface area contributed by atoms with Crippen molar-refractivity contribution in [2.24, 2.45) is 0 Å². The Hall–Kier alpha value is -2.77. The van der Waals surface area contributed by atoms with Crippen LogP contribution in [-0.4, -0.2) is 38.6 Å². The molecule has 0 fully saturated rings. The van der Waals surface area contributed by atoms with E-state index in [0.717, 1.165) is 0 Å². The van der Waals surface area contributed by atoms with Gasteiger partial charge in [-0.2, -0.15) is 5.21 Å². The molecule has 0 atom stereocenters. The number of hydrogen-bond acceptors (Lipinski definition) is 6. The molecule has 2 N–H and O–H groups in total. The van der Waals surface area contributed by atoms with Gasteiger partial charge in [0.2, 0.25) is 5.91 Å². The van der Waals surface area contributed by atoms with Crippen LogP contribution in [0.15, 0.2) is 24.3 Å². The number of ether oxygens (including phenoxy) is 1. The number of rotatable bonds is 5. The van der Waals surface area contributed by atoms with Crippen molar-refractivity contribution in [1.82, 2.24) is 20.6 Å². The molecule has 1 aromatic heterocycles. The zero-order valence-electron chi connectivity index (χ0n) is 11.7. The highest BCUT2D eigenvalue weighted by molar-refractivity contribution is 5.95. The molecule has 0 aliphatic rings. The van der Waals surface area contributed by atoms with E-state index in [1.54, 1.807) is 38.1 Å². The normalized spacial score (nSPS) is 10.4. The van der Waals surface area contributed by atoms with Crippen molar-refractivity contribution in [2.75, 3.05) is 5.32 Å². The maximum atomic E-state index is 11.8. The Labute approximate surface area is 120 Å². The Morgan fingerprint density at radius 2 is 2.19 bits per heavy atom. The van der Waals surface area contributed by atoms with Crippen LogP contribution < -0.4 is 5.32 Å². The van der Waals surface area contributed by atoms with E-state index in [4.69, 9.17) is 4.74 Å². The van der Waals surface area contributed by atoms with E-state index in [0.29, 0.717) is 17.1 Å². The number of esters is 1. The van der Waals surface area contributed by atoms with Crippen LogP contribution in [-0.2, 0) is 16.0 Å². The third-order valence-corrected chi connectivity index (χ3v) is 2.43. The number of carbonyl (C=O) groups excluding carboxylic acids is 2. The minimum atomic E-state index is -0.431. The van der Waals surface area contributed by atoms with E-state index in [9.17, 15) is 9.59 Å². The quantitative estimate of drug-likeness (QED) is 0.793. The van der Waals surface area contributed by atoms with Crippen molar-refractivity contribution >= 4 is 17.6 Å². The molecule has 0 aliphatic carbocycles. The Kier molecular flexibility index (Phi) is 4.60. The minimum absolute atomic E-state index is 0.00281. The van der Waals surface area contributed by atoms with Gasteiger partial charge >= 0.3 is 5.97 Å². The van der Waals surface area contributed by atoms with Crippen LogP contribution in [0.1, 0.15) is 30.0 Å². The summed E-state index contributed by atoms with van der Waals surface area (Å²) in [5, 5.41) is 15.7. The number of amides is 1. The van der Waals surface area contributed by atoms with Gasteiger partial charge < -0.3 is 10.1 Å². The molecule has 8 nitrogen and oxygen atoms in total. The van der Waals surface area contributed by atoms with E-state index >= 15 is 0 Å². The van der Waals surface area contributed by atoms with Gasteiger partial charge in [-0.3, -0.25) is 4.79 Å². The van der Waals surface area contributed by atoms with Crippen LogP contribution in [0.3, 0.4) is 0 Å². The molecule has 8 heteroatoms. The van der Waals surface area contributed by atoms with Gasteiger partial charge in [0.15, 0.2) is 5.82 Å². The third kappa shape index (κ3) is 4.37. The molecule has 0 saturated heterocycles. The number of hydrogen-bond donors (Lipinski definition) is 2. The topological polar surface area (TPSA) is 110 Å². The Morgan fingerprint density at radius 3 is 2.86 bits per heavy atom. The summed E-state index contributed by atoms with van der Waals surface area (Å²) >= 11 is 0. The number of nitrogens with zero attached hydrogens (tertiary/aromatic N) is 3. The van der Waals surface area contributed by atoms with Crippen LogP contribution in [0.5, 0.6) is 0 Å². The average molecular weight is 289 g/mol. The van der Waals surface area contributed by atoms with Crippen LogP contribution in [0.2, 0.25) is 0 Å². The van der Waals surface area contributed by atoms with Crippen molar-refractivity contribution in [3.8, 4) is 0 Å². The molecule has 0 aliphatic heterocycles. The first-order chi connectivity index (χ1) is 10.0. The van der Waals surface area contributed by atoms with Crippen LogP contribution in [0, 0.1) is 0 Å². The number of anilines is 1. The molecule has 0 saturated carbocycles. The van der Waals surface area contributed by atoms with Crippen LogP contribution in [0.4, 0.5) is 5.69 Å². The minimum Gasteiger partial charge on any atom is -0.459 e. The second-order valence-electron chi connectivity index (χ2n) is 4.59. The molecule has 1 amide bonds. The molecule has 2 rings (SSSR count). The highest BCUT2D eigenvalue weighted by atomic mass is 16.5. The lowest BCUT2D eigenvalue weighted by molar-refractivity contribution is -0.115. The molecule has 0 bridgehead atoms. The number of H-pyrrole nitrogens is 1. The Bertz CT molecular complexity index is 624. The van der Waals surface area contributed by atoms with Crippen LogP contribution >= 0.6 is 0 Å². The fraction of sp³-hybridized carbons (Fsp3) is 0.308. The Morgan fingerprint density at radius 1 is 1.38 bits per heavy atom. The summed E-state index contributed by atoms with van der Waals surface area (Å²) in [6.45, 7) is 3.54. The predicted octanol–water partition coefficient (Wildman–Crippen LogP) is 0.946. The van der Waals surface area contributed by atoms with Gasteiger partial charge in [-0.15, -0.1) is 10.2 Å². The zero-order valence-corrected chi connectivity index (χ0v) is 11.7. The third-order valence-electron chi connectivity index (χ3n) is 2.43. The van der Waals surface area contributed by atoms with Crippen molar-refractivity contribution in [1.29, 1.82) is 0 Å². The maximum Gasteiger partial charge on any atom is 0.338 e. The van der Waals surface area contributed by atoms with E-state index in [1.807, 2.05) is 0 Å². The fourth-order valence-corrected chi connectivity index (χ4v) is 1.61. The largest absolute Gasteiger partial charge is 0.459 e. The van der Waals surface area contributed by atoms with Crippen molar-refractivity contribution in [3.05, 3.63) is 35.7 Å². The van der Waals surface area contributed by atoms with Gasteiger partial charge in [-0.05, 0) is 32.0 Å². The smallest absolute Gasteiger partial charge is 0.338 e. The summed E-state index contributed by atoms with van der Waals surface area (Å²) < 4.78 is 5.10. The first kappa shape index (κ1) is 14.6. The lowest BCUT2D eigenvalue weighted by Crippen LogP contribution is -2.16. The van der Waals surface area contributed by atoms with E-state index < -0.39 is 5.97 Å². The van der Waals surface area contributed by atoms with Crippen molar-refractivity contribution in [3.63, 3.8) is 0 Å². The van der Waals surface area contributed by atoms with E-state index in [2.05, 4.69) is 25.9 Å². The summed E-state index contributed by atoms with van der Waals surface area (Å²) in [6.07, 6.45) is -0.203. The standard InChI is InChI=1S/C13H15N5O3/c1-8(2)21-13(20)9-4-3-5-10(6-9)14-12(19)7-11-15-17-18-16-11/h3-6,8H,7H2,1-2H3,(H,14,19)(H,15,16,17,18). The molecule has 1 heterocycles. The summed E-state index contributed by atoms with van der Waals surface area (Å²) in [5.74, 6) is -0.437. The fourth-order valence-electron chi connectivity index (χ4n) is 1.61. The highest BCUT2D eigenvalue weighted by Gasteiger charge is 2.11. The average Bonchev–Trinajstić information content (AvgIpc) is 2.91. The first-order valence-electron chi connectivity index (χ1n) is 6.38. The number of tetrazole rings is 1. The summed E-state index contributed by atoms with van der Waals surface area (Å²) in [6, 6.07) is 6.53. The number of nitrogens with one attached hydrogen (secondary N) is 2. The molecule has 110 valence electrons. The number of aromatic amines is 1. The maximum absolute atomic E-state index is 11.8. The van der Waals surface area contributed by atoms with E-state index in [1.165, 1.54) is 0 Å². The molecule has 1 aromatic carbocycles. The van der Waals surface area contributed by atoms with Crippen LogP contribution in [0.25, 0.3) is 0 Å². The lowest BCUT2D eigenvalue weighted by Gasteiger charge is -2.09. The van der Waals surface area contributed by atoms with Gasteiger partial charge in [-0.1, -0.05) is 11.3 Å². The first-order valence-corrected chi connectivity index (χ1v) is 6.38. The van der Waals surface area contributed by atoms with Gasteiger partial charge in [0.1, 0.15) is 0 Å². The molecule has 0 spiro atoms. The molecule has 0 unspecified atom stereocenters. The SMILES string of the molecule is CC(C)OC(=O)c1cccc(NC(=O)Cc2nn[nH]n2)c1. The highest BCUT2D eigenvalue weighted by Crippen LogP contribution is 2.12. The van der Waals surface area contributed by atoms with Crippen molar-refractivity contribution in [2.45, 2.75) is 26.4 Å². The lowest BCUT2D eigenvalue weighted by atomic mass is 10.2. The van der Waals surface area contributed by atoms with Gasteiger partial charge in [0.05, 0.1) is 18.1 Å². The molecule has 2 aromatic rings. The second-order valence-corrected chi connectivity index (χ2v) is 4.59. The van der Waals surface area contributed by atoms with Gasteiger partial charge in [-0.25, -0.2) is 4.79 Å². The second kappa shape index (κ2) is 6.60. The number of benzene rings is 1. The summed E-state index contributed by atoms with van der Waals surface area (Å²) in [5.41, 5.74) is 0.878. The number of aromatic nitrogens is 4. The summed E-state index contributed by atoms with van der Waals surface area (Å²) in [7, 11) is 0. The molecular weight excluding hydrogens is 274 g/mol. The van der Waals surface area contributed by atoms with Crippen molar-refractivity contribution < 1.29 is 14.3 Å². The monoisotopic (exact) mass is 289 g/mol.